The van der Waals surface area contributed by atoms with Gasteiger partial charge in [-0.2, -0.15) is 13.2 Å². The summed E-state index contributed by atoms with van der Waals surface area (Å²) in [6.07, 6.45) is -4.51. The summed E-state index contributed by atoms with van der Waals surface area (Å²) in [6.45, 7) is 0.669. The zero-order valence-electron chi connectivity index (χ0n) is 17.9. The Balaban J connectivity index is 1.75. The number of aromatic nitrogens is 1. The lowest BCUT2D eigenvalue weighted by Crippen LogP contribution is -2.36. The number of nitrogens with two attached hydrogens (primary N) is 1. The van der Waals surface area contributed by atoms with E-state index in [1.54, 1.807) is 11.3 Å². The number of nitrogens with zero attached hydrogens (tertiary/aromatic N) is 3. The number of benzene rings is 1. The highest BCUT2D eigenvalue weighted by Gasteiger charge is 2.32. The van der Waals surface area contributed by atoms with Gasteiger partial charge < -0.3 is 15.5 Å². The lowest BCUT2D eigenvalue weighted by molar-refractivity contribution is -0.137. The van der Waals surface area contributed by atoms with E-state index >= 15 is 0 Å². The van der Waals surface area contributed by atoms with Crippen LogP contribution in [-0.2, 0) is 6.18 Å². The molecule has 4 aromatic rings. The van der Waals surface area contributed by atoms with Crippen LogP contribution in [0.2, 0.25) is 0 Å². The Morgan fingerprint density at radius 3 is 2.55 bits per heavy atom. The van der Waals surface area contributed by atoms with Gasteiger partial charge in [0.15, 0.2) is 0 Å². The fraction of sp³-hybridized carbons (Fsp3) is 0.217. The first-order chi connectivity index (χ1) is 15.6. The number of anilines is 2. The summed E-state index contributed by atoms with van der Waals surface area (Å²) in [5, 5.41) is 2.61. The average Bonchev–Trinajstić information content (AvgIpc) is 3.41. The zero-order chi connectivity index (χ0) is 23.8. The highest BCUT2D eigenvalue weighted by Crippen LogP contribution is 2.37. The number of thiophene rings is 2. The highest BCUT2D eigenvalue weighted by molar-refractivity contribution is 7.21. The number of carbonyl (C=O) groups excluding carboxylic acids is 1. The first-order valence-electron chi connectivity index (χ1n) is 10.0. The third kappa shape index (κ3) is 4.87. The zero-order valence-corrected chi connectivity index (χ0v) is 19.5. The van der Waals surface area contributed by atoms with E-state index in [0.29, 0.717) is 16.8 Å². The normalized spacial score (nSPS) is 11.9. The van der Waals surface area contributed by atoms with Crippen LogP contribution in [0.4, 0.5) is 24.5 Å². The van der Waals surface area contributed by atoms with E-state index < -0.39 is 17.6 Å². The van der Waals surface area contributed by atoms with Gasteiger partial charge >= 0.3 is 6.18 Å². The van der Waals surface area contributed by atoms with E-state index in [1.807, 2.05) is 48.6 Å². The van der Waals surface area contributed by atoms with Crippen molar-refractivity contribution in [1.29, 1.82) is 0 Å². The van der Waals surface area contributed by atoms with Crippen LogP contribution < -0.4 is 10.6 Å². The van der Waals surface area contributed by atoms with Gasteiger partial charge in [-0.3, -0.25) is 4.79 Å². The van der Waals surface area contributed by atoms with Crippen molar-refractivity contribution in [1.82, 2.24) is 9.88 Å². The van der Waals surface area contributed by atoms with Gasteiger partial charge in [0, 0.05) is 24.2 Å². The molecule has 0 aliphatic heterocycles. The molecule has 0 radical (unpaired) electrons. The summed E-state index contributed by atoms with van der Waals surface area (Å²) < 4.78 is 39.9. The van der Waals surface area contributed by atoms with Crippen molar-refractivity contribution in [3.05, 3.63) is 64.4 Å². The SMILES string of the molecule is CN(C)CCN(C(=O)c1sc2nc(-c3cccs3)ccc2c1N)c1cccc(C(F)(F)F)c1. The predicted octanol–water partition coefficient (Wildman–Crippen LogP) is 5.83. The van der Waals surface area contributed by atoms with E-state index in [9.17, 15) is 18.0 Å². The molecule has 5 nitrogen and oxygen atoms in total. The second-order valence-corrected chi connectivity index (χ2v) is 9.63. The van der Waals surface area contributed by atoms with Gasteiger partial charge in [0.25, 0.3) is 5.91 Å². The van der Waals surface area contributed by atoms with E-state index in [2.05, 4.69) is 4.98 Å². The van der Waals surface area contributed by atoms with Crippen LogP contribution in [0.25, 0.3) is 20.8 Å². The smallest absolute Gasteiger partial charge is 0.397 e. The summed E-state index contributed by atoms with van der Waals surface area (Å²) >= 11 is 2.71. The maximum atomic E-state index is 13.6. The third-order valence-corrected chi connectivity index (χ3v) is 7.06. The molecule has 3 heterocycles. The molecule has 4 rings (SSSR count). The number of hydrogen-bond acceptors (Lipinski definition) is 6. The fourth-order valence-corrected chi connectivity index (χ4v) is 5.08. The van der Waals surface area contributed by atoms with E-state index in [4.69, 9.17) is 5.73 Å². The summed E-state index contributed by atoms with van der Waals surface area (Å²) in [6, 6.07) is 12.3. The minimum absolute atomic E-state index is 0.167. The van der Waals surface area contributed by atoms with Gasteiger partial charge in [-0.05, 0) is 55.9 Å². The van der Waals surface area contributed by atoms with Crippen molar-refractivity contribution in [3.63, 3.8) is 0 Å². The van der Waals surface area contributed by atoms with E-state index in [0.717, 1.165) is 34.0 Å². The number of amides is 1. The molecular formula is C23H21F3N4OS2. The Morgan fingerprint density at radius 2 is 1.88 bits per heavy atom. The number of pyridine rings is 1. The standard InChI is InChI=1S/C23H21F3N4OS2/c1-29(2)10-11-30(15-6-3-5-14(13-15)23(24,25)26)22(31)20-19(27)16-8-9-17(28-21(16)33-20)18-7-4-12-32-18/h3-9,12-13H,10-11,27H2,1-2H3. The minimum Gasteiger partial charge on any atom is -0.397 e. The van der Waals surface area contributed by atoms with Crippen molar-refractivity contribution in [3.8, 4) is 10.6 Å². The van der Waals surface area contributed by atoms with Gasteiger partial charge in [-0.15, -0.1) is 22.7 Å². The Bertz CT molecular complexity index is 1280. The average molecular weight is 491 g/mol. The molecule has 1 amide bonds. The highest BCUT2D eigenvalue weighted by atomic mass is 32.1. The second-order valence-electron chi connectivity index (χ2n) is 7.68. The topological polar surface area (TPSA) is 62.5 Å². The van der Waals surface area contributed by atoms with E-state index in [1.165, 1.54) is 17.0 Å². The molecule has 0 bridgehead atoms. The van der Waals surface area contributed by atoms with Gasteiger partial charge in [0.1, 0.15) is 9.71 Å². The molecule has 0 aliphatic carbocycles. The molecule has 1 aromatic carbocycles. The molecule has 0 unspecified atom stereocenters. The van der Waals surface area contributed by atoms with Crippen LogP contribution >= 0.6 is 22.7 Å². The van der Waals surface area contributed by atoms with Crippen LogP contribution in [0, 0.1) is 0 Å². The first-order valence-corrected chi connectivity index (χ1v) is 11.7. The van der Waals surface area contributed by atoms with Gasteiger partial charge in [-0.25, -0.2) is 4.98 Å². The quantitative estimate of drug-likeness (QED) is 0.369. The summed E-state index contributed by atoms with van der Waals surface area (Å²) in [5.41, 5.74) is 6.73. The lowest BCUT2D eigenvalue weighted by atomic mass is 10.1. The van der Waals surface area contributed by atoms with Gasteiger partial charge in [0.2, 0.25) is 0 Å². The number of likely N-dealkylation sites (N-methyl/N-ethyl adjacent to an activating group) is 1. The predicted molar refractivity (Wildman–Crippen MR) is 129 cm³/mol. The molecule has 0 saturated heterocycles. The van der Waals surface area contributed by atoms with Crippen LogP contribution in [-0.4, -0.2) is 43.0 Å². The van der Waals surface area contributed by atoms with Crippen LogP contribution in [0.1, 0.15) is 15.2 Å². The van der Waals surface area contributed by atoms with Crippen LogP contribution in [0.15, 0.2) is 53.9 Å². The summed E-state index contributed by atoms with van der Waals surface area (Å²) in [4.78, 5) is 23.3. The number of carbonyl (C=O) groups is 1. The maximum Gasteiger partial charge on any atom is 0.416 e. The van der Waals surface area contributed by atoms with Crippen molar-refractivity contribution in [2.45, 2.75) is 6.18 Å². The van der Waals surface area contributed by atoms with Crippen LogP contribution in [0.3, 0.4) is 0 Å². The molecule has 0 fully saturated rings. The lowest BCUT2D eigenvalue weighted by Gasteiger charge is -2.25. The molecule has 0 aliphatic rings. The molecule has 2 N–H and O–H groups in total. The monoisotopic (exact) mass is 490 g/mol. The molecule has 10 heteroatoms. The Labute approximate surface area is 196 Å². The van der Waals surface area contributed by atoms with Crippen molar-refractivity contribution >= 4 is 50.2 Å². The maximum absolute atomic E-state index is 13.6. The number of halogens is 3. The number of hydrogen-bond donors (Lipinski definition) is 1. The number of rotatable bonds is 6. The van der Waals surface area contributed by atoms with Crippen molar-refractivity contribution < 1.29 is 18.0 Å². The third-order valence-electron chi connectivity index (χ3n) is 5.06. The number of nitrogen functional groups attached to an aromatic ring is 1. The summed E-state index contributed by atoms with van der Waals surface area (Å²) in [7, 11) is 3.66. The van der Waals surface area contributed by atoms with Crippen molar-refractivity contribution in [2.75, 3.05) is 37.8 Å². The fourth-order valence-electron chi connectivity index (χ4n) is 3.34. The molecule has 33 heavy (non-hydrogen) atoms. The van der Waals surface area contributed by atoms with E-state index in [-0.39, 0.29) is 22.8 Å². The number of fused-ring (bicyclic) bond motifs is 1. The molecule has 0 spiro atoms. The molecule has 0 atom stereocenters. The molecule has 0 saturated carbocycles. The second kappa shape index (κ2) is 9.12. The molecular weight excluding hydrogens is 469 g/mol. The Hall–Kier alpha value is -2.95. The molecule has 172 valence electrons. The Kier molecular flexibility index (Phi) is 6.42. The Morgan fingerprint density at radius 1 is 1.09 bits per heavy atom. The minimum atomic E-state index is -4.51. The van der Waals surface area contributed by atoms with Gasteiger partial charge in [-0.1, -0.05) is 12.1 Å². The van der Waals surface area contributed by atoms with Gasteiger partial charge in [0.05, 0.1) is 21.8 Å². The largest absolute Gasteiger partial charge is 0.416 e. The molecule has 3 aromatic heterocycles. The van der Waals surface area contributed by atoms with Crippen LogP contribution in [0.5, 0.6) is 0 Å². The first kappa shape index (κ1) is 23.2. The summed E-state index contributed by atoms with van der Waals surface area (Å²) in [5.74, 6) is -0.450. The number of alkyl halides is 3. The van der Waals surface area contributed by atoms with Crippen molar-refractivity contribution in [2.24, 2.45) is 0 Å².